The lowest BCUT2D eigenvalue weighted by atomic mass is 10.1. The number of thiazole rings is 1. The first kappa shape index (κ1) is 11.6. The van der Waals surface area contributed by atoms with E-state index in [1.54, 1.807) is 7.11 Å². The quantitative estimate of drug-likeness (QED) is 0.899. The summed E-state index contributed by atoms with van der Waals surface area (Å²) in [6, 6.07) is 9.65. The van der Waals surface area contributed by atoms with Crippen molar-refractivity contribution in [3.63, 3.8) is 0 Å². The van der Waals surface area contributed by atoms with Gasteiger partial charge in [-0.25, -0.2) is 4.98 Å². The van der Waals surface area contributed by atoms with Crippen molar-refractivity contribution in [2.24, 2.45) is 5.73 Å². The van der Waals surface area contributed by atoms with Crippen LogP contribution in [0.5, 0.6) is 5.75 Å². The van der Waals surface area contributed by atoms with E-state index in [2.05, 4.69) is 11.1 Å². The van der Waals surface area contributed by atoms with E-state index in [1.165, 1.54) is 11.3 Å². The highest BCUT2D eigenvalue weighted by molar-refractivity contribution is 7.15. The lowest BCUT2D eigenvalue weighted by Gasteiger charge is -2.01. The molecule has 86 valence electrons. The number of nitrogens with zero attached hydrogens (tertiary/aromatic N) is 2. The Bertz CT molecular complexity index is 571. The molecule has 0 bridgehead atoms. The summed E-state index contributed by atoms with van der Waals surface area (Å²) >= 11 is 1.44. The minimum atomic E-state index is 0.351. The minimum Gasteiger partial charge on any atom is -0.497 e. The second-order valence-electron chi connectivity index (χ2n) is 3.33. The normalized spacial score (nSPS) is 9.94. The third-order valence-electron chi connectivity index (χ3n) is 2.28. The van der Waals surface area contributed by atoms with Gasteiger partial charge in [-0.3, -0.25) is 0 Å². The molecule has 0 aliphatic heterocycles. The van der Waals surface area contributed by atoms with E-state index in [0.717, 1.165) is 21.2 Å². The average molecular weight is 245 g/mol. The van der Waals surface area contributed by atoms with Crippen molar-refractivity contribution in [2.75, 3.05) is 7.11 Å². The number of nitrogens with two attached hydrogens (primary N) is 1. The Kier molecular flexibility index (Phi) is 3.38. The molecule has 0 aliphatic carbocycles. The smallest absolute Gasteiger partial charge is 0.159 e. The van der Waals surface area contributed by atoms with Crippen LogP contribution in [0.2, 0.25) is 0 Å². The summed E-state index contributed by atoms with van der Waals surface area (Å²) in [6.07, 6.45) is 0. The molecule has 2 rings (SSSR count). The van der Waals surface area contributed by atoms with Crippen LogP contribution in [0.25, 0.3) is 10.4 Å². The van der Waals surface area contributed by atoms with E-state index >= 15 is 0 Å². The number of methoxy groups -OCH3 is 1. The molecule has 0 amide bonds. The molecule has 1 aromatic heterocycles. The van der Waals surface area contributed by atoms with Crippen molar-refractivity contribution >= 4 is 11.3 Å². The number of aromatic nitrogens is 1. The first-order valence-electron chi connectivity index (χ1n) is 5.02. The number of hydrogen-bond donors (Lipinski definition) is 1. The van der Waals surface area contributed by atoms with Crippen molar-refractivity contribution in [1.82, 2.24) is 4.98 Å². The maximum absolute atomic E-state index is 9.04. The fourth-order valence-electron chi connectivity index (χ4n) is 1.49. The first-order chi connectivity index (χ1) is 8.28. The topological polar surface area (TPSA) is 71.9 Å². The highest BCUT2D eigenvalue weighted by Crippen LogP contribution is 2.31. The van der Waals surface area contributed by atoms with Crippen LogP contribution < -0.4 is 10.5 Å². The summed E-state index contributed by atoms with van der Waals surface area (Å²) in [7, 11) is 1.61. The predicted molar refractivity (Wildman–Crippen MR) is 66.7 cm³/mol. The molecule has 0 aliphatic rings. The first-order valence-corrected chi connectivity index (χ1v) is 5.84. The van der Waals surface area contributed by atoms with Gasteiger partial charge in [0.05, 0.1) is 12.0 Å². The molecule has 5 heteroatoms. The molecular formula is C12H11N3OS. The molecule has 0 fully saturated rings. The maximum atomic E-state index is 9.04. The third-order valence-corrected chi connectivity index (χ3v) is 3.41. The molecule has 17 heavy (non-hydrogen) atoms. The van der Waals surface area contributed by atoms with E-state index < -0.39 is 0 Å². The largest absolute Gasteiger partial charge is 0.497 e. The van der Waals surface area contributed by atoms with Gasteiger partial charge in [0.2, 0.25) is 0 Å². The molecule has 2 aromatic rings. The van der Waals surface area contributed by atoms with Gasteiger partial charge in [0.1, 0.15) is 16.8 Å². The van der Waals surface area contributed by atoms with Gasteiger partial charge in [0.25, 0.3) is 0 Å². The van der Waals surface area contributed by atoms with E-state index in [0.29, 0.717) is 12.2 Å². The monoisotopic (exact) mass is 245 g/mol. The van der Waals surface area contributed by atoms with Crippen LogP contribution in [0.15, 0.2) is 24.3 Å². The lowest BCUT2D eigenvalue weighted by molar-refractivity contribution is 0.415. The van der Waals surface area contributed by atoms with E-state index in [-0.39, 0.29) is 0 Å². The molecule has 1 heterocycles. The maximum Gasteiger partial charge on any atom is 0.159 e. The third kappa shape index (κ3) is 2.28. The number of hydrogen-bond acceptors (Lipinski definition) is 5. The number of benzene rings is 1. The van der Waals surface area contributed by atoms with Gasteiger partial charge < -0.3 is 10.5 Å². The molecule has 2 N–H and O–H groups in total. The van der Waals surface area contributed by atoms with E-state index in [4.69, 9.17) is 15.7 Å². The van der Waals surface area contributed by atoms with Crippen LogP contribution in [0.3, 0.4) is 0 Å². The standard InChI is InChI=1S/C12H11N3OS/c1-16-9-4-2-3-8(5-9)12-10(6-13)15-11(7-14)17-12/h2-5H,7,14H2,1H3. The van der Waals surface area contributed by atoms with Gasteiger partial charge in [0, 0.05) is 6.54 Å². The highest BCUT2D eigenvalue weighted by atomic mass is 32.1. The Morgan fingerprint density at radius 2 is 2.35 bits per heavy atom. The molecule has 1 aromatic carbocycles. The molecule has 0 saturated heterocycles. The van der Waals surface area contributed by atoms with Crippen LogP contribution in [-0.2, 0) is 6.54 Å². The van der Waals surface area contributed by atoms with Gasteiger partial charge in [-0.15, -0.1) is 11.3 Å². The average Bonchev–Trinajstić information content (AvgIpc) is 2.82. The fraction of sp³-hybridized carbons (Fsp3) is 0.167. The van der Waals surface area contributed by atoms with Crippen LogP contribution in [0.1, 0.15) is 10.7 Å². The second kappa shape index (κ2) is 4.95. The van der Waals surface area contributed by atoms with Crippen molar-refractivity contribution < 1.29 is 4.74 Å². The molecule has 4 nitrogen and oxygen atoms in total. The van der Waals surface area contributed by atoms with Gasteiger partial charge >= 0.3 is 0 Å². The molecule has 0 radical (unpaired) electrons. The van der Waals surface area contributed by atoms with Crippen LogP contribution >= 0.6 is 11.3 Å². The highest BCUT2D eigenvalue weighted by Gasteiger charge is 2.12. The zero-order chi connectivity index (χ0) is 12.3. The van der Waals surface area contributed by atoms with E-state index in [1.807, 2.05) is 24.3 Å². The van der Waals surface area contributed by atoms with Crippen LogP contribution in [0.4, 0.5) is 0 Å². The Labute approximate surface area is 103 Å². The van der Waals surface area contributed by atoms with Gasteiger partial charge in [-0.1, -0.05) is 12.1 Å². The lowest BCUT2D eigenvalue weighted by Crippen LogP contribution is -1.94. The van der Waals surface area contributed by atoms with E-state index in [9.17, 15) is 0 Å². The summed E-state index contributed by atoms with van der Waals surface area (Å²) in [5.74, 6) is 0.758. The fourth-order valence-corrected chi connectivity index (χ4v) is 2.38. The molecule has 0 spiro atoms. The number of nitriles is 1. The van der Waals surface area contributed by atoms with Gasteiger partial charge in [-0.2, -0.15) is 5.26 Å². The Morgan fingerprint density at radius 1 is 1.53 bits per heavy atom. The summed E-state index contributed by atoms with van der Waals surface area (Å²) in [5.41, 5.74) is 6.88. The molecular weight excluding hydrogens is 234 g/mol. The molecule has 0 atom stereocenters. The predicted octanol–water partition coefficient (Wildman–Crippen LogP) is 2.15. The number of rotatable bonds is 3. The molecule has 0 unspecified atom stereocenters. The molecule has 0 saturated carbocycles. The Hall–Kier alpha value is -1.90. The zero-order valence-corrected chi connectivity index (χ0v) is 10.1. The van der Waals surface area contributed by atoms with Crippen molar-refractivity contribution in [3.05, 3.63) is 35.0 Å². The minimum absolute atomic E-state index is 0.351. The van der Waals surface area contributed by atoms with Gasteiger partial charge in [0.15, 0.2) is 5.69 Å². The Morgan fingerprint density at radius 3 is 3.00 bits per heavy atom. The number of ether oxygens (including phenoxy) is 1. The zero-order valence-electron chi connectivity index (χ0n) is 9.30. The summed E-state index contributed by atoms with van der Waals surface area (Å²) < 4.78 is 5.16. The SMILES string of the molecule is COc1cccc(-c2sc(CN)nc2C#N)c1. The van der Waals surface area contributed by atoms with Crippen LogP contribution in [-0.4, -0.2) is 12.1 Å². The summed E-state index contributed by atoms with van der Waals surface area (Å²) in [6.45, 7) is 0.351. The van der Waals surface area contributed by atoms with Crippen LogP contribution in [0, 0.1) is 11.3 Å². The van der Waals surface area contributed by atoms with Gasteiger partial charge in [-0.05, 0) is 17.7 Å². The summed E-state index contributed by atoms with van der Waals surface area (Å²) in [4.78, 5) is 5.01. The second-order valence-corrected chi connectivity index (χ2v) is 4.42. The van der Waals surface area contributed by atoms with Crippen molar-refractivity contribution in [2.45, 2.75) is 6.54 Å². The Balaban J connectivity index is 2.51. The summed E-state index contributed by atoms with van der Waals surface area (Å²) in [5, 5.41) is 9.80. The van der Waals surface area contributed by atoms with Crippen molar-refractivity contribution in [1.29, 1.82) is 5.26 Å². The van der Waals surface area contributed by atoms with Crippen molar-refractivity contribution in [3.8, 4) is 22.3 Å².